The first-order valence-corrected chi connectivity index (χ1v) is 7.21. The minimum Gasteiger partial charge on any atom is -0.497 e. The van der Waals surface area contributed by atoms with Gasteiger partial charge in [-0.3, -0.25) is 4.79 Å². The van der Waals surface area contributed by atoms with Gasteiger partial charge in [-0.05, 0) is 24.6 Å². The van der Waals surface area contributed by atoms with E-state index in [0.717, 1.165) is 11.3 Å². The number of halogens is 1. The molecule has 0 N–H and O–H groups in total. The Bertz CT molecular complexity index is 461. The van der Waals surface area contributed by atoms with E-state index in [1.807, 2.05) is 24.3 Å². The quantitative estimate of drug-likeness (QED) is 0.585. The highest BCUT2D eigenvalue weighted by molar-refractivity contribution is 9.09. The summed E-state index contributed by atoms with van der Waals surface area (Å²) in [4.78, 5) is 25.0. The van der Waals surface area contributed by atoms with Gasteiger partial charge >= 0.3 is 5.97 Å². The highest BCUT2D eigenvalue weighted by atomic mass is 79.9. The zero-order valence-electron chi connectivity index (χ0n) is 11.8. The zero-order chi connectivity index (χ0) is 15.1. The van der Waals surface area contributed by atoms with E-state index < -0.39 is 12.0 Å². The molecule has 6 heteroatoms. The van der Waals surface area contributed by atoms with Gasteiger partial charge in [-0.2, -0.15) is 0 Å². The summed E-state index contributed by atoms with van der Waals surface area (Å²) in [5.41, 5.74) is 0.913. The molecule has 1 aromatic rings. The fourth-order valence-electron chi connectivity index (χ4n) is 1.74. The van der Waals surface area contributed by atoms with Crippen LogP contribution in [0.25, 0.3) is 0 Å². The zero-order valence-corrected chi connectivity index (χ0v) is 13.3. The Labute approximate surface area is 127 Å². The molecule has 0 aliphatic rings. The Kier molecular flexibility index (Phi) is 6.51. The first kappa shape index (κ1) is 16.5. The fourth-order valence-corrected chi connectivity index (χ4v) is 2.07. The summed E-state index contributed by atoms with van der Waals surface area (Å²) in [6.45, 7) is 1.99. The SMILES string of the molecule is COC(=O)[C@H](C)N(Cc1ccc(OC)cc1)C(=O)CBr. The van der Waals surface area contributed by atoms with Gasteiger partial charge in [-0.1, -0.05) is 28.1 Å². The van der Waals surface area contributed by atoms with E-state index in [1.165, 1.54) is 12.0 Å². The van der Waals surface area contributed by atoms with E-state index in [1.54, 1.807) is 14.0 Å². The standard InChI is InChI=1S/C14H18BrNO4/c1-10(14(18)20-3)16(13(17)8-15)9-11-4-6-12(19-2)7-5-11/h4-7,10H,8-9H2,1-3H3/t10-/m0/s1. The summed E-state index contributed by atoms with van der Waals surface area (Å²) in [6.07, 6.45) is 0. The number of hydrogen-bond acceptors (Lipinski definition) is 4. The van der Waals surface area contributed by atoms with Gasteiger partial charge in [0, 0.05) is 6.54 Å². The lowest BCUT2D eigenvalue weighted by Crippen LogP contribution is -2.43. The second-order valence-corrected chi connectivity index (χ2v) is 4.76. The van der Waals surface area contributed by atoms with E-state index in [-0.39, 0.29) is 11.2 Å². The first-order valence-electron chi connectivity index (χ1n) is 6.09. The number of ether oxygens (including phenoxy) is 2. The molecule has 0 heterocycles. The third kappa shape index (κ3) is 4.23. The molecule has 20 heavy (non-hydrogen) atoms. The summed E-state index contributed by atoms with van der Waals surface area (Å²) < 4.78 is 9.78. The molecule has 0 aromatic heterocycles. The molecule has 110 valence electrons. The second-order valence-electron chi connectivity index (χ2n) is 4.20. The number of alkyl halides is 1. The fraction of sp³-hybridized carbons (Fsp3) is 0.429. The highest BCUT2D eigenvalue weighted by Gasteiger charge is 2.25. The van der Waals surface area contributed by atoms with Crippen molar-refractivity contribution < 1.29 is 19.1 Å². The Morgan fingerprint density at radius 1 is 1.25 bits per heavy atom. The molecule has 0 unspecified atom stereocenters. The van der Waals surface area contributed by atoms with Gasteiger partial charge in [0.1, 0.15) is 11.8 Å². The number of hydrogen-bond donors (Lipinski definition) is 0. The molecule has 0 saturated heterocycles. The molecule has 1 aromatic carbocycles. The topological polar surface area (TPSA) is 55.8 Å². The second kappa shape index (κ2) is 7.89. The predicted octanol–water partition coefficient (Wildman–Crippen LogP) is 1.98. The maximum absolute atomic E-state index is 11.9. The summed E-state index contributed by atoms with van der Waals surface area (Å²) in [6, 6.07) is 6.71. The van der Waals surface area contributed by atoms with Crippen molar-refractivity contribution in [1.82, 2.24) is 4.90 Å². The third-order valence-corrected chi connectivity index (χ3v) is 3.44. The van der Waals surface area contributed by atoms with Crippen LogP contribution in [-0.4, -0.2) is 42.4 Å². The van der Waals surface area contributed by atoms with Crippen LogP contribution >= 0.6 is 15.9 Å². The minimum atomic E-state index is -0.632. The lowest BCUT2D eigenvalue weighted by molar-refractivity contribution is -0.151. The molecule has 0 radical (unpaired) electrons. The Balaban J connectivity index is 2.88. The molecule has 0 saturated carbocycles. The number of nitrogens with zero attached hydrogens (tertiary/aromatic N) is 1. The molecule has 0 aliphatic carbocycles. The first-order chi connectivity index (χ1) is 9.53. The van der Waals surface area contributed by atoms with E-state index in [9.17, 15) is 9.59 Å². The van der Waals surface area contributed by atoms with Crippen LogP contribution in [0.4, 0.5) is 0 Å². The number of amides is 1. The van der Waals surface area contributed by atoms with Crippen LogP contribution in [0.5, 0.6) is 5.75 Å². The number of methoxy groups -OCH3 is 2. The summed E-state index contributed by atoms with van der Waals surface area (Å²) >= 11 is 3.13. The largest absolute Gasteiger partial charge is 0.497 e. The van der Waals surface area contributed by atoms with E-state index in [2.05, 4.69) is 15.9 Å². The van der Waals surface area contributed by atoms with Crippen LogP contribution in [0.3, 0.4) is 0 Å². The molecule has 0 fully saturated rings. The predicted molar refractivity (Wildman–Crippen MR) is 78.8 cm³/mol. The van der Waals surface area contributed by atoms with Gasteiger partial charge in [0.05, 0.1) is 19.5 Å². The molecule has 0 spiro atoms. The van der Waals surface area contributed by atoms with Gasteiger partial charge in [0.25, 0.3) is 0 Å². The average molecular weight is 344 g/mol. The van der Waals surface area contributed by atoms with Crippen LogP contribution in [0, 0.1) is 0 Å². The summed E-state index contributed by atoms with van der Waals surface area (Å²) in [7, 11) is 2.90. The lowest BCUT2D eigenvalue weighted by Gasteiger charge is -2.27. The van der Waals surface area contributed by atoms with Crippen molar-refractivity contribution >= 4 is 27.8 Å². The van der Waals surface area contributed by atoms with Crippen molar-refractivity contribution in [2.45, 2.75) is 19.5 Å². The summed E-state index contributed by atoms with van der Waals surface area (Å²) in [5, 5.41) is 0.157. The molecule has 0 bridgehead atoms. The maximum atomic E-state index is 11.9. The molecule has 0 aliphatic heterocycles. The van der Waals surface area contributed by atoms with Crippen LogP contribution in [0.15, 0.2) is 24.3 Å². The Morgan fingerprint density at radius 3 is 2.30 bits per heavy atom. The molecule has 5 nitrogen and oxygen atoms in total. The van der Waals surface area contributed by atoms with Gasteiger partial charge in [0.2, 0.25) is 5.91 Å². The number of benzene rings is 1. The molecule has 1 amide bonds. The van der Waals surface area contributed by atoms with Crippen LogP contribution in [0.2, 0.25) is 0 Å². The molecule has 1 rings (SSSR count). The van der Waals surface area contributed by atoms with Crippen molar-refractivity contribution in [3.63, 3.8) is 0 Å². The van der Waals surface area contributed by atoms with Crippen molar-refractivity contribution in [3.05, 3.63) is 29.8 Å². The van der Waals surface area contributed by atoms with Crippen molar-refractivity contribution in [3.8, 4) is 5.75 Å². The monoisotopic (exact) mass is 343 g/mol. The number of esters is 1. The van der Waals surface area contributed by atoms with Crippen LogP contribution in [-0.2, 0) is 20.9 Å². The molecular weight excluding hydrogens is 326 g/mol. The molecule has 1 atom stereocenters. The third-order valence-electron chi connectivity index (χ3n) is 2.96. The summed E-state index contributed by atoms with van der Waals surface area (Å²) in [5.74, 6) is 0.139. The van der Waals surface area contributed by atoms with Crippen molar-refractivity contribution in [2.24, 2.45) is 0 Å². The van der Waals surface area contributed by atoms with Gasteiger partial charge in [-0.15, -0.1) is 0 Å². The normalized spacial score (nSPS) is 11.6. The maximum Gasteiger partial charge on any atom is 0.328 e. The van der Waals surface area contributed by atoms with Crippen molar-refractivity contribution in [1.29, 1.82) is 0 Å². The van der Waals surface area contributed by atoms with E-state index >= 15 is 0 Å². The minimum absolute atomic E-state index is 0.157. The number of carbonyl (C=O) groups is 2. The Hall–Kier alpha value is -1.56. The number of rotatable bonds is 6. The lowest BCUT2D eigenvalue weighted by atomic mass is 10.1. The average Bonchev–Trinajstić information content (AvgIpc) is 2.50. The van der Waals surface area contributed by atoms with E-state index in [0.29, 0.717) is 6.54 Å². The highest BCUT2D eigenvalue weighted by Crippen LogP contribution is 2.15. The molecular formula is C14H18BrNO4. The van der Waals surface area contributed by atoms with Gasteiger partial charge < -0.3 is 14.4 Å². The van der Waals surface area contributed by atoms with Crippen molar-refractivity contribution in [2.75, 3.05) is 19.5 Å². The van der Waals surface area contributed by atoms with Crippen LogP contribution in [0.1, 0.15) is 12.5 Å². The number of carbonyl (C=O) groups excluding carboxylic acids is 2. The van der Waals surface area contributed by atoms with E-state index in [4.69, 9.17) is 9.47 Å². The smallest absolute Gasteiger partial charge is 0.328 e. The van der Waals surface area contributed by atoms with Gasteiger partial charge in [-0.25, -0.2) is 4.79 Å². The van der Waals surface area contributed by atoms with Gasteiger partial charge in [0.15, 0.2) is 0 Å². The van der Waals surface area contributed by atoms with Crippen LogP contribution < -0.4 is 4.74 Å². The Morgan fingerprint density at radius 2 is 1.85 bits per heavy atom.